The molecule has 0 saturated carbocycles. The van der Waals surface area contributed by atoms with E-state index in [1.807, 2.05) is 24.3 Å². The van der Waals surface area contributed by atoms with E-state index in [1.54, 1.807) is 7.05 Å². The van der Waals surface area contributed by atoms with Gasteiger partial charge in [-0.05, 0) is 11.3 Å². The molecule has 0 radical (unpaired) electrons. The van der Waals surface area contributed by atoms with Gasteiger partial charge in [-0.1, -0.05) is 18.2 Å². The lowest BCUT2D eigenvalue weighted by molar-refractivity contribution is 0.0991. The van der Waals surface area contributed by atoms with Gasteiger partial charge in [0.1, 0.15) is 11.8 Å². The summed E-state index contributed by atoms with van der Waals surface area (Å²) >= 11 is 0. The van der Waals surface area contributed by atoms with Gasteiger partial charge in [0.15, 0.2) is 11.6 Å². The molecule has 0 unspecified atom stereocenters. The van der Waals surface area contributed by atoms with Crippen molar-refractivity contribution in [3.8, 4) is 0 Å². The number of furan rings is 1. The molecule has 0 amide bonds. The van der Waals surface area contributed by atoms with Gasteiger partial charge in [0.25, 0.3) is 0 Å². The molecule has 3 rings (SSSR count). The van der Waals surface area contributed by atoms with Gasteiger partial charge in [0.05, 0.1) is 19.0 Å². The van der Waals surface area contributed by atoms with Crippen LogP contribution in [0, 0.1) is 0 Å². The van der Waals surface area contributed by atoms with Gasteiger partial charge in [-0.15, -0.1) is 10.2 Å². The Morgan fingerprint density at radius 1 is 1.39 bits per heavy atom. The van der Waals surface area contributed by atoms with E-state index >= 15 is 0 Å². The van der Waals surface area contributed by atoms with Gasteiger partial charge < -0.3 is 4.42 Å². The highest BCUT2D eigenvalue weighted by atomic mass is 16.3. The third-order valence-corrected chi connectivity index (χ3v) is 2.65. The lowest BCUT2D eigenvalue weighted by Crippen LogP contribution is -2.04. The molecule has 6 heteroatoms. The van der Waals surface area contributed by atoms with Crippen molar-refractivity contribution in [3.63, 3.8) is 0 Å². The van der Waals surface area contributed by atoms with Gasteiger partial charge in [-0.2, -0.15) is 4.80 Å². The van der Waals surface area contributed by atoms with Crippen molar-refractivity contribution in [2.24, 2.45) is 7.05 Å². The number of para-hydroxylation sites is 1. The van der Waals surface area contributed by atoms with Crippen LogP contribution in [0.4, 0.5) is 0 Å². The predicted octanol–water partition coefficient (Wildman–Crippen LogP) is 1.38. The molecular formula is C12H10N4O2. The highest BCUT2D eigenvalue weighted by molar-refractivity contribution is 6.07. The smallest absolute Gasteiger partial charge is 0.182 e. The fourth-order valence-corrected chi connectivity index (χ4v) is 1.83. The number of hydrogen-bond acceptors (Lipinski definition) is 5. The number of benzene rings is 1. The number of aryl methyl sites for hydroxylation is 1. The number of tetrazole rings is 1. The van der Waals surface area contributed by atoms with E-state index < -0.39 is 0 Å². The van der Waals surface area contributed by atoms with Crippen molar-refractivity contribution in [1.29, 1.82) is 0 Å². The van der Waals surface area contributed by atoms with E-state index in [4.69, 9.17) is 4.42 Å². The van der Waals surface area contributed by atoms with Gasteiger partial charge in [0.2, 0.25) is 0 Å². The largest absolute Gasteiger partial charge is 0.464 e. The zero-order chi connectivity index (χ0) is 12.5. The van der Waals surface area contributed by atoms with Crippen LogP contribution in [-0.4, -0.2) is 26.0 Å². The number of aromatic nitrogens is 4. The highest BCUT2D eigenvalue weighted by Crippen LogP contribution is 2.21. The van der Waals surface area contributed by atoms with Crippen LogP contribution >= 0.6 is 0 Å². The Labute approximate surface area is 102 Å². The monoisotopic (exact) mass is 242 g/mol. The molecule has 90 valence electrons. The third kappa shape index (κ3) is 1.77. The molecule has 0 atom stereocenters. The second-order valence-electron chi connectivity index (χ2n) is 3.94. The minimum Gasteiger partial charge on any atom is -0.464 e. The summed E-state index contributed by atoms with van der Waals surface area (Å²) in [7, 11) is 1.66. The fraction of sp³-hybridized carbons (Fsp3) is 0.167. The van der Waals surface area contributed by atoms with Gasteiger partial charge in [0, 0.05) is 5.39 Å². The molecule has 6 nitrogen and oxygen atoms in total. The first-order valence-corrected chi connectivity index (χ1v) is 5.46. The van der Waals surface area contributed by atoms with Crippen LogP contribution in [0.25, 0.3) is 11.0 Å². The van der Waals surface area contributed by atoms with Crippen LogP contribution in [0.1, 0.15) is 16.2 Å². The number of carbonyl (C=O) groups is 1. The van der Waals surface area contributed by atoms with Crippen molar-refractivity contribution in [3.05, 3.63) is 41.9 Å². The van der Waals surface area contributed by atoms with Crippen LogP contribution in [0.15, 0.2) is 34.9 Å². The average molecular weight is 242 g/mol. The molecule has 0 saturated heterocycles. The molecule has 0 aliphatic heterocycles. The molecule has 2 aromatic heterocycles. The minimum absolute atomic E-state index is 0.0760. The fourth-order valence-electron chi connectivity index (χ4n) is 1.83. The molecule has 3 aromatic rings. The van der Waals surface area contributed by atoms with Crippen molar-refractivity contribution in [1.82, 2.24) is 20.2 Å². The van der Waals surface area contributed by atoms with Crippen molar-refractivity contribution < 1.29 is 9.21 Å². The van der Waals surface area contributed by atoms with E-state index in [0.29, 0.717) is 17.0 Å². The molecule has 0 spiro atoms. The van der Waals surface area contributed by atoms with E-state index in [0.717, 1.165) is 5.39 Å². The first-order chi connectivity index (χ1) is 8.74. The van der Waals surface area contributed by atoms with Crippen LogP contribution in [0.2, 0.25) is 0 Å². The lowest BCUT2D eigenvalue weighted by Gasteiger charge is -1.94. The van der Waals surface area contributed by atoms with Crippen molar-refractivity contribution in [2.75, 3.05) is 0 Å². The van der Waals surface area contributed by atoms with Gasteiger partial charge >= 0.3 is 0 Å². The van der Waals surface area contributed by atoms with E-state index in [2.05, 4.69) is 15.4 Å². The molecule has 18 heavy (non-hydrogen) atoms. The summed E-state index contributed by atoms with van der Waals surface area (Å²) in [4.78, 5) is 13.5. The second-order valence-corrected chi connectivity index (χ2v) is 3.94. The summed E-state index contributed by atoms with van der Waals surface area (Å²) in [5.74, 6) is 0.334. The van der Waals surface area contributed by atoms with Gasteiger partial charge in [-0.3, -0.25) is 4.79 Å². The molecule has 0 N–H and O–H groups in total. The first-order valence-electron chi connectivity index (χ1n) is 5.46. The maximum Gasteiger partial charge on any atom is 0.182 e. The minimum atomic E-state index is -0.0760. The Morgan fingerprint density at radius 2 is 2.22 bits per heavy atom. The van der Waals surface area contributed by atoms with E-state index in [1.165, 1.54) is 11.1 Å². The maximum atomic E-state index is 12.1. The Balaban J connectivity index is 1.92. The maximum absolute atomic E-state index is 12.1. The molecule has 0 fully saturated rings. The van der Waals surface area contributed by atoms with Crippen LogP contribution in [-0.2, 0) is 13.5 Å². The number of hydrogen-bond donors (Lipinski definition) is 0. The number of nitrogens with zero attached hydrogens (tertiary/aromatic N) is 4. The van der Waals surface area contributed by atoms with Crippen LogP contribution in [0.3, 0.4) is 0 Å². The highest BCUT2D eigenvalue weighted by Gasteiger charge is 2.16. The standard InChI is InChI=1S/C12H10N4O2/c1-16-14-12(13-15-16)6-10(17)9-7-18-11-5-3-2-4-8(9)11/h2-5,7H,6H2,1H3. The number of carbonyl (C=O) groups excluding carboxylic acids is 1. The Bertz CT molecular complexity index is 714. The number of Topliss-reactive ketones (excluding diaryl/α,β-unsaturated/α-hetero) is 1. The summed E-state index contributed by atoms with van der Waals surface area (Å²) in [6.07, 6.45) is 1.60. The number of ketones is 1. The summed E-state index contributed by atoms with van der Waals surface area (Å²) < 4.78 is 5.33. The number of rotatable bonds is 3. The summed E-state index contributed by atoms with van der Waals surface area (Å²) in [6, 6.07) is 7.42. The summed E-state index contributed by atoms with van der Waals surface area (Å²) in [5, 5.41) is 12.3. The van der Waals surface area contributed by atoms with Crippen molar-refractivity contribution in [2.45, 2.75) is 6.42 Å². The second kappa shape index (κ2) is 4.06. The zero-order valence-electron chi connectivity index (χ0n) is 9.70. The quantitative estimate of drug-likeness (QED) is 0.649. The third-order valence-electron chi connectivity index (χ3n) is 2.65. The van der Waals surface area contributed by atoms with Crippen LogP contribution in [0.5, 0.6) is 0 Å². The number of fused-ring (bicyclic) bond motifs is 1. The van der Waals surface area contributed by atoms with E-state index in [-0.39, 0.29) is 12.2 Å². The van der Waals surface area contributed by atoms with Crippen molar-refractivity contribution >= 4 is 16.8 Å². The average Bonchev–Trinajstić information content (AvgIpc) is 2.95. The van der Waals surface area contributed by atoms with E-state index in [9.17, 15) is 4.79 Å². The summed E-state index contributed by atoms with van der Waals surface area (Å²) in [6.45, 7) is 0. The molecule has 0 aliphatic carbocycles. The topological polar surface area (TPSA) is 73.8 Å². The van der Waals surface area contributed by atoms with Gasteiger partial charge in [-0.25, -0.2) is 0 Å². The Morgan fingerprint density at radius 3 is 3.00 bits per heavy atom. The first kappa shape index (κ1) is 10.6. The van der Waals surface area contributed by atoms with Crippen LogP contribution < -0.4 is 0 Å². The Hall–Kier alpha value is -2.50. The SMILES string of the molecule is Cn1nnc(CC(=O)c2coc3ccccc23)n1. The normalized spacial score (nSPS) is 10.9. The Kier molecular flexibility index (Phi) is 2.40. The summed E-state index contributed by atoms with van der Waals surface area (Å²) in [5.41, 5.74) is 1.26. The molecule has 1 aromatic carbocycles. The lowest BCUT2D eigenvalue weighted by atomic mass is 10.1. The molecule has 2 heterocycles. The zero-order valence-corrected chi connectivity index (χ0v) is 9.70. The molecular weight excluding hydrogens is 232 g/mol. The predicted molar refractivity (Wildman–Crippen MR) is 63.0 cm³/mol. The molecule has 0 bridgehead atoms. The molecule has 0 aliphatic rings.